The number of rotatable bonds is 9. The van der Waals surface area contributed by atoms with Crippen LogP contribution in [0.5, 0.6) is 11.5 Å². The van der Waals surface area contributed by atoms with E-state index in [1.807, 2.05) is 13.8 Å². The van der Waals surface area contributed by atoms with Crippen molar-refractivity contribution in [3.63, 3.8) is 0 Å². The van der Waals surface area contributed by atoms with Crippen LogP contribution in [-0.2, 0) is 4.79 Å². The zero-order chi connectivity index (χ0) is 19.6. The van der Waals surface area contributed by atoms with Gasteiger partial charge in [0, 0.05) is 29.9 Å². The molecule has 0 aliphatic rings. The Hall–Kier alpha value is -3.02. The van der Waals surface area contributed by atoms with E-state index < -0.39 is 0 Å². The Labute approximate surface area is 159 Å². The second-order valence-corrected chi connectivity index (χ2v) is 6.07. The van der Waals surface area contributed by atoms with Crippen molar-refractivity contribution in [2.24, 2.45) is 0 Å². The summed E-state index contributed by atoms with van der Waals surface area (Å²) in [5.74, 6) is 0.886. The van der Waals surface area contributed by atoms with Crippen LogP contribution in [0.2, 0.25) is 0 Å². The van der Waals surface area contributed by atoms with Gasteiger partial charge in [-0.3, -0.25) is 9.59 Å². The lowest BCUT2D eigenvalue weighted by Gasteiger charge is -2.14. The van der Waals surface area contributed by atoms with Crippen molar-refractivity contribution < 1.29 is 19.1 Å². The second-order valence-electron chi connectivity index (χ2n) is 6.07. The minimum atomic E-state index is -0.243. The van der Waals surface area contributed by atoms with Gasteiger partial charge in [-0.05, 0) is 49.2 Å². The van der Waals surface area contributed by atoms with Gasteiger partial charge in [0.15, 0.2) is 11.5 Å². The number of hydrogen-bond donors (Lipinski definition) is 2. The molecule has 0 saturated carbocycles. The first kappa shape index (κ1) is 20.3. The van der Waals surface area contributed by atoms with Crippen molar-refractivity contribution in [1.82, 2.24) is 0 Å². The van der Waals surface area contributed by atoms with Crippen LogP contribution in [0.4, 0.5) is 11.4 Å². The van der Waals surface area contributed by atoms with Crippen LogP contribution in [0.15, 0.2) is 42.5 Å². The van der Waals surface area contributed by atoms with E-state index in [2.05, 4.69) is 10.6 Å². The molecule has 144 valence electrons. The molecule has 2 rings (SSSR count). The number of benzene rings is 2. The summed E-state index contributed by atoms with van der Waals surface area (Å²) in [7, 11) is 0. The molecule has 0 spiro atoms. The van der Waals surface area contributed by atoms with Gasteiger partial charge in [0.1, 0.15) is 0 Å². The number of anilines is 2. The molecule has 6 nitrogen and oxygen atoms in total. The molecule has 0 radical (unpaired) electrons. The largest absolute Gasteiger partial charge is 0.490 e. The lowest BCUT2D eigenvalue weighted by atomic mass is 10.2. The standard InChI is InChI=1S/C21H26N2O4/c1-4-12-26-19-11-10-18(14-20(19)27-13-5-2)23-21(25)16-6-8-17(9-7-16)22-15(3)24/h6-11,14H,4-5,12-13H2,1-3H3,(H,22,24)(H,23,25). The summed E-state index contributed by atoms with van der Waals surface area (Å²) in [4.78, 5) is 23.5. The van der Waals surface area contributed by atoms with Crippen LogP contribution >= 0.6 is 0 Å². The summed E-state index contributed by atoms with van der Waals surface area (Å²) in [5.41, 5.74) is 1.76. The molecule has 0 aliphatic carbocycles. The summed E-state index contributed by atoms with van der Waals surface area (Å²) in [6, 6.07) is 12.1. The van der Waals surface area contributed by atoms with E-state index in [0.717, 1.165) is 12.8 Å². The number of ether oxygens (including phenoxy) is 2. The van der Waals surface area contributed by atoms with Gasteiger partial charge in [0.25, 0.3) is 5.91 Å². The Morgan fingerprint density at radius 2 is 1.41 bits per heavy atom. The summed E-state index contributed by atoms with van der Waals surface area (Å²) in [6.07, 6.45) is 1.78. The van der Waals surface area contributed by atoms with Gasteiger partial charge in [-0.1, -0.05) is 13.8 Å². The molecule has 27 heavy (non-hydrogen) atoms. The third-order valence-electron chi connectivity index (χ3n) is 3.59. The lowest BCUT2D eigenvalue weighted by Crippen LogP contribution is -2.12. The second kappa shape index (κ2) is 10.2. The first-order valence-corrected chi connectivity index (χ1v) is 9.12. The Morgan fingerprint density at radius 3 is 2.00 bits per heavy atom. The SMILES string of the molecule is CCCOc1ccc(NC(=O)c2ccc(NC(C)=O)cc2)cc1OCCC. The van der Waals surface area contributed by atoms with Crippen LogP contribution in [0.3, 0.4) is 0 Å². The van der Waals surface area contributed by atoms with Crippen LogP contribution in [0.25, 0.3) is 0 Å². The number of amides is 2. The molecule has 2 aromatic carbocycles. The third-order valence-corrected chi connectivity index (χ3v) is 3.59. The maximum Gasteiger partial charge on any atom is 0.255 e. The molecule has 0 aromatic heterocycles. The van der Waals surface area contributed by atoms with E-state index in [0.29, 0.717) is 41.7 Å². The fraction of sp³-hybridized carbons (Fsp3) is 0.333. The van der Waals surface area contributed by atoms with Gasteiger partial charge in [0.2, 0.25) is 5.91 Å². The molecular formula is C21H26N2O4. The minimum Gasteiger partial charge on any atom is -0.490 e. The quantitative estimate of drug-likeness (QED) is 0.682. The van der Waals surface area contributed by atoms with Gasteiger partial charge < -0.3 is 20.1 Å². The predicted molar refractivity (Wildman–Crippen MR) is 107 cm³/mol. The van der Waals surface area contributed by atoms with Crippen molar-refractivity contribution in [2.45, 2.75) is 33.6 Å². The van der Waals surface area contributed by atoms with Crippen LogP contribution in [-0.4, -0.2) is 25.0 Å². The molecule has 0 fully saturated rings. The molecule has 6 heteroatoms. The van der Waals surface area contributed by atoms with E-state index in [9.17, 15) is 9.59 Å². The first-order chi connectivity index (χ1) is 13.0. The highest BCUT2D eigenvalue weighted by Gasteiger charge is 2.11. The predicted octanol–water partition coefficient (Wildman–Crippen LogP) is 4.47. The van der Waals surface area contributed by atoms with Crippen molar-refractivity contribution in [3.05, 3.63) is 48.0 Å². The maximum atomic E-state index is 12.5. The highest BCUT2D eigenvalue weighted by atomic mass is 16.5. The molecular weight excluding hydrogens is 344 g/mol. The van der Waals surface area contributed by atoms with Crippen molar-refractivity contribution in [3.8, 4) is 11.5 Å². The Morgan fingerprint density at radius 1 is 0.815 bits per heavy atom. The smallest absolute Gasteiger partial charge is 0.255 e. The third kappa shape index (κ3) is 6.33. The lowest BCUT2D eigenvalue weighted by molar-refractivity contribution is -0.114. The van der Waals surface area contributed by atoms with Gasteiger partial charge in [-0.2, -0.15) is 0 Å². The average molecular weight is 370 g/mol. The highest BCUT2D eigenvalue weighted by molar-refractivity contribution is 6.04. The number of carbonyl (C=O) groups is 2. The van der Waals surface area contributed by atoms with Crippen molar-refractivity contribution in [2.75, 3.05) is 23.8 Å². The molecule has 0 saturated heterocycles. The summed E-state index contributed by atoms with van der Waals surface area (Å²) < 4.78 is 11.4. The average Bonchev–Trinajstić information content (AvgIpc) is 2.65. The van der Waals surface area contributed by atoms with E-state index in [-0.39, 0.29) is 11.8 Å². The van der Waals surface area contributed by atoms with Crippen molar-refractivity contribution >= 4 is 23.2 Å². The fourth-order valence-electron chi connectivity index (χ4n) is 2.35. The fourth-order valence-corrected chi connectivity index (χ4v) is 2.35. The molecule has 0 unspecified atom stereocenters. The molecule has 2 N–H and O–H groups in total. The molecule has 0 bridgehead atoms. The summed E-state index contributed by atoms with van der Waals surface area (Å²) >= 11 is 0. The van der Waals surface area contributed by atoms with E-state index in [4.69, 9.17) is 9.47 Å². The summed E-state index contributed by atoms with van der Waals surface area (Å²) in [5, 5.41) is 5.53. The Bertz CT molecular complexity index is 772. The highest BCUT2D eigenvalue weighted by Crippen LogP contribution is 2.31. The van der Waals surface area contributed by atoms with Crippen molar-refractivity contribution in [1.29, 1.82) is 0 Å². The Kier molecular flexibility index (Phi) is 7.67. The topological polar surface area (TPSA) is 76.7 Å². The van der Waals surface area contributed by atoms with Gasteiger partial charge >= 0.3 is 0 Å². The zero-order valence-corrected chi connectivity index (χ0v) is 16.0. The monoisotopic (exact) mass is 370 g/mol. The summed E-state index contributed by atoms with van der Waals surface area (Å²) in [6.45, 7) is 6.69. The van der Waals surface area contributed by atoms with Crippen LogP contribution in [0, 0.1) is 0 Å². The molecule has 2 amide bonds. The number of carbonyl (C=O) groups excluding carboxylic acids is 2. The van der Waals surface area contributed by atoms with Gasteiger partial charge in [-0.15, -0.1) is 0 Å². The number of hydrogen-bond acceptors (Lipinski definition) is 4. The molecule has 0 aliphatic heterocycles. The van der Waals surface area contributed by atoms with E-state index >= 15 is 0 Å². The van der Waals surface area contributed by atoms with Gasteiger partial charge in [-0.25, -0.2) is 0 Å². The molecule has 0 atom stereocenters. The normalized spacial score (nSPS) is 10.2. The van der Waals surface area contributed by atoms with Crippen LogP contribution in [0.1, 0.15) is 44.0 Å². The molecule has 2 aromatic rings. The molecule has 0 heterocycles. The maximum absolute atomic E-state index is 12.5. The zero-order valence-electron chi connectivity index (χ0n) is 16.0. The number of nitrogens with one attached hydrogen (secondary N) is 2. The van der Waals surface area contributed by atoms with Gasteiger partial charge in [0.05, 0.1) is 13.2 Å². The Balaban J connectivity index is 2.10. The van der Waals surface area contributed by atoms with Crippen LogP contribution < -0.4 is 20.1 Å². The first-order valence-electron chi connectivity index (χ1n) is 9.12. The van der Waals surface area contributed by atoms with E-state index in [1.165, 1.54) is 6.92 Å². The minimum absolute atomic E-state index is 0.155. The van der Waals surface area contributed by atoms with E-state index in [1.54, 1.807) is 42.5 Å².